The lowest BCUT2D eigenvalue weighted by Crippen LogP contribution is -2.23. The van der Waals surface area contributed by atoms with Crippen molar-refractivity contribution in [2.75, 3.05) is 6.61 Å². The quantitative estimate of drug-likeness (QED) is 0.556. The summed E-state index contributed by atoms with van der Waals surface area (Å²) in [5, 5.41) is 17.4. The third-order valence-corrected chi connectivity index (χ3v) is 1.61. The second-order valence-electron chi connectivity index (χ2n) is 2.64. The molecule has 2 N–H and O–H groups in total. The van der Waals surface area contributed by atoms with Crippen LogP contribution in [0.1, 0.15) is 32.6 Å². The highest BCUT2D eigenvalue weighted by atomic mass is 16.3. The summed E-state index contributed by atoms with van der Waals surface area (Å²) in [4.78, 5) is 10.6. The predicted molar refractivity (Wildman–Crippen MR) is 42.2 cm³/mol. The van der Waals surface area contributed by atoms with Crippen molar-refractivity contribution >= 4 is 5.78 Å². The molecule has 0 aliphatic rings. The van der Waals surface area contributed by atoms with E-state index in [9.17, 15) is 4.79 Å². The zero-order valence-corrected chi connectivity index (χ0v) is 6.92. The van der Waals surface area contributed by atoms with Crippen LogP contribution in [-0.4, -0.2) is 28.7 Å². The Morgan fingerprint density at radius 1 is 1.45 bits per heavy atom. The summed E-state index contributed by atoms with van der Waals surface area (Å²) >= 11 is 0. The normalized spacial score (nSPS) is 13.0. The van der Waals surface area contributed by atoms with Crippen LogP contribution in [0.25, 0.3) is 0 Å². The van der Waals surface area contributed by atoms with Gasteiger partial charge in [-0.1, -0.05) is 26.2 Å². The largest absolute Gasteiger partial charge is 0.388 e. The minimum atomic E-state index is -0.952. The van der Waals surface area contributed by atoms with Gasteiger partial charge in [-0.05, 0) is 6.42 Å². The number of hydrogen-bond acceptors (Lipinski definition) is 3. The van der Waals surface area contributed by atoms with Gasteiger partial charge in [0.25, 0.3) is 0 Å². The SMILES string of the molecule is CCCCCC(O)C(=O)CO. The molecule has 1 unspecified atom stereocenters. The molecule has 0 aromatic carbocycles. The molecular weight excluding hydrogens is 144 g/mol. The van der Waals surface area contributed by atoms with E-state index >= 15 is 0 Å². The van der Waals surface area contributed by atoms with Crippen LogP contribution < -0.4 is 0 Å². The van der Waals surface area contributed by atoms with Crippen LogP contribution in [-0.2, 0) is 4.79 Å². The van der Waals surface area contributed by atoms with E-state index in [1.807, 2.05) is 0 Å². The van der Waals surface area contributed by atoms with Gasteiger partial charge >= 0.3 is 0 Å². The third-order valence-electron chi connectivity index (χ3n) is 1.61. The third kappa shape index (κ3) is 4.93. The Morgan fingerprint density at radius 2 is 2.09 bits per heavy atom. The second-order valence-corrected chi connectivity index (χ2v) is 2.64. The zero-order chi connectivity index (χ0) is 8.69. The maximum absolute atomic E-state index is 10.6. The van der Waals surface area contributed by atoms with Crippen LogP contribution in [0.4, 0.5) is 0 Å². The van der Waals surface area contributed by atoms with Gasteiger partial charge in [-0.15, -0.1) is 0 Å². The van der Waals surface area contributed by atoms with Crippen molar-refractivity contribution in [1.82, 2.24) is 0 Å². The van der Waals surface area contributed by atoms with Crippen molar-refractivity contribution in [3.63, 3.8) is 0 Å². The van der Waals surface area contributed by atoms with Gasteiger partial charge in [0, 0.05) is 0 Å². The van der Waals surface area contributed by atoms with Crippen LogP contribution in [0.3, 0.4) is 0 Å². The number of carbonyl (C=O) groups is 1. The van der Waals surface area contributed by atoms with Crippen molar-refractivity contribution in [1.29, 1.82) is 0 Å². The van der Waals surface area contributed by atoms with Crippen molar-refractivity contribution in [2.45, 2.75) is 38.7 Å². The summed E-state index contributed by atoms with van der Waals surface area (Å²) in [6.07, 6.45) is 2.47. The molecule has 0 aliphatic heterocycles. The molecule has 0 aromatic heterocycles. The molecule has 0 bridgehead atoms. The fourth-order valence-corrected chi connectivity index (χ4v) is 0.854. The maximum Gasteiger partial charge on any atom is 0.186 e. The van der Waals surface area contributed by atoms with Gasteiger partial charge in [-0.2, -0.15) is 0 Å². The van der Waals surface area contributed by atoms with Crippen LogP contribution >= 0.6 is 0 Å². The van der Waals surface area contributed by atoms with Gasteiger partial charge in [0.05, 0.1) is 0 Å². The summed E-state index contributed by atoms with van der Waals surface area (Å²) < 4.78 is 0. The molecule has 3 heteroatoms. The molecule has 1 atom stereocenters. The second kappa shape index (κ2) is 6.31. The minimum Gasteiger partial charge on any atom is -0.388 e. The number of unbranched alkanes of at least 4 members (excludes halogenated alkanes) is 2. The van der Waals surface area contributed by atoms with Crippen molar-refractivity contribution in [2.24, 2.45) is 0 Å². The van der Waals surface area contributed by atoms with E-state index in [1.54, 1.807) is 0 Å². The number of aliphatic hydroxyl groups is 2. The van der Waals surface area contributed by atoms with E-state index in [1.165, 1.54) is 0 Å². The van der Waals surface area contributed by atoms with E-state index in [2.05, 4.69) is 6.92 Å². The summed E-state index contributed by atoms with van der Waals surface area (Å²) in [6, 6.07) is 0. The van der Waals surface area contributed by atoms with E-state index < -0.39 is 18.5 Å². The van der Waals surface area contributed by atoms with E-state index in [0.717, 1.165) is 19.3 Å². The summed E-state index contributed by atoms with van der Waals surface area (Å²) in [7, 11) is 0. The highest BCUT2D eigenvalue weighted by Crippen LogP contribution is 2.03. The number of aliphatic hydroxyl groups excluding tert-OH is 2. The lowest BCUT2D eigenvalue weighted by atomic mass is 10.1. The Labute approximate surface area is 67.0 Å². The first-order valence-corrected chi connectivity index (χ1v) is 4.04. The predicted octanol–water partition coefficient (Wildman–Crippen LogP) is 0.489. The molecule has 0 rings (SSSR count). The summed E-state index contributed by atoms with van der Waals surface area (Å²) in [5.74, 6) is -0.471. The molecule has 0 aliphatic carbocycles. The molecular formula is C8H16O3. The van der Waals surface area contributed by atoms with Gasteiger partial charge in [0.1, 0.15) is 12.7 Å². The van der Waals surface area contributed by atoms with Crippen molar-refractivity contribution in [3.05, 3.63) is 0 Å². The van der Waals surface area contributed by atoms with Gasteiger partial charge < -0.3 is 10.2 Å². The average molecular weight is 160 g/mol. The number of Topliss-reactive ketones (excluding diaryl/α,β-unsaturated/α-hetero) is 1. The van der Waals surface area contributed by atoms with E-state index in [-0.39, 0.29) is 0 Å². The molecule has 0 saturated heterocycles. The van der Waals surface area contributed by atoms with Crippen LogP contribution in [0, 0.1) is 0 Å². The van der Waals surface area contributed by atoms with Gasteiger partial charge in [0.15, 0.2) is 5.78 Å². The van der Waals surface area contributed by atoms with Gasteiger partial charge in [0.2, 0.25) is 0 Å². The number of carbonyl (C=O) groups excluding carboxylic acids is 1. The Hall–Kier alpha value is -0.410. The number of hydrogen-bond donors (Lipinski definition) is 2. The molecule has 0 aromatic rings. The lowest BCUT2D eigenvalue weighted by molar-refractivity contribution is -0.130. The topological polar surface area (TPSA) is 57.5 Å². The zero-order valence-electron chi connectivity index (χ0n) is 6.92. The molecule has 66 valence electrons. The van der Waals surface area contributed by atoms with Crippen LogP contribution in [0.2, 0.25) is 0 Å². The first kappa shape index (κ1) is 10.6. The molecule has 3 nitrogen and oxygen atoms in total. The molecule has 0 saturated carbocycles. The summed E-state index contributed by atoms with van der Waals surface area (Å²) in [5.41, 5.74) is 0. The first-order valence-electron chi connectivity index (χ1n) is 4.04. The summed E-state index contributed by atoms with van der Waals surface area (Å²) in [6.45, 7) is 1.51. The first-order chi connectivity index (χ1) is 5.22. The Bertz CT molecular complexity index is 112. The number of ketones is 1. The Balaban J connectivity index is 3.36. The minimum absolute atomic E-state index is 0.471. The molecule has 0 spiro atoms. The van der Waals surface area contributed by atoms with Crippen molar-refractivity contribution in [3.8, 4) is 0 Å². The van der Waals surface area contributed by atoms with Crippen LogP contribution in [0.15, 0.2) is 0 Å². The fourth-order valence-electron chi connectivity index (χ4n) is 0.854. The highest BCUT2D eigenvalue weighted by molar-refractivity contribution is 5.83. The van der Waals surface area contributed by atoms with Crippen LogP contribution in [0.5, 0.6) is 0 Å². The average Bonchev–Trinajstić information content (AvgIpc) is 2.03. The highest BCUT2D eigenvalue weighted by Gasteiger charge is 2.11. The lowest BCUT2D eigenvalue weighted by Gasteiger charge is -2.05. The number of rotatable bonds is 6. The molecule has 0 heterocycles. The fraction of sp³-hybridized carbons (Fsp3) is 0.875. The smallest absolute Gasteiger partial charge is 0.186 e. The molecule has 0 fully saturated rings. The Kier molecular flexibility index (Phi) is 6.07. The molecule has 11 heavy (non-hydrogen) atoms. The van der Waals surface area contributed by atoms with E-state index in [0.29, 0.717) is 6.42 Å². The standard InChI is InChI=1S/C8H16O3/c1-2-3-4-5-7(10)8(11)6-9/h7,9-10H,2-6H2,1H3. The van der Waals surface area contributed by atoms with E-state index in [4.69, 9.17) is 10.2 Å². The van der Waals surface area contributed by atoms with Crippen molar-refractivity contribution < 1.29 is 15.0 Å². The maximum atomic E-state index is 10.6. The van der Waals surface area contributed by atoms with Gasteiger partial charge in [-0.3, -0.25) is 4.79 Å². The molecule has 0 amide bonds. The Morgan fingerprint density at radius 3 is 2.55 bits per heavy atom. The molecule has 0 radical (unpaired) electrons. The monoisotopic (exact) mass is 160 g/mol. The van der Waals surface area contributed by atoms with Gasteiger partial charge in [-0.25, -0.2) is 0 Å².